The van der Waals surface area contributed by atoms with E-state index in [2.05, 4.69) is 4.18 Å². The van der Waals surface area contributed by atoms with Crippen LogP contribution in [0, 0.1) is 11.8 Å². The zero-order chi connectivity index (χ0) is 30.6. The fourth-order valence-electron chi connectivity index (χ4n) is 4.83. The van der Waals surface area contributed by atoms with Crippen LogP contribution in [-0.2, 0) is 43.1 Å². The number of carbonyl (C=O) groups is 1. The summed E-state index contributed by atoms with van der Waals surface area (Å²) in [5, 5.41) is 80.5. The summed E-state index contributed by atoms with van der Waals surface area (Å²) in [5.74, 6) is -4.05. The summed E-state index contributed by atoms with van der Waals surface area (Å²) in [6.45, 7) is -0.853. The van der Waals surface area contributed by atoms with Crippen molar-refractivity contribution in [1.82, 2.24) is 0 Å². The Morgan fingerprint density at radius 2 is 1.46 bits per heavy atom. The maximum atomic E-state index is 11.2. The second-order valence-corrected chi connectivity index (χ2v) is 11.0. The van der Waals surface area contributed by atoms with E-state index in [1.807, 2.05) is 0 Å². The molecule has 3 aliphatic heterocycles. The average molecular weight is 621 g/mol. The van der Waals surface area contributed by atoms with Crippen LogP contribution in [0.25, 0.3) is 0 Å². The van der Waals surface area contributed by atoms with Gasteiger partial charge in [-0.2, -0.15) is 8.42 Å². The summed E-state index contributed by atoms with van der Waals surface area (Å²) in [6, 6.07) is 0. The molecule has 3 heterocycles. The highest BCUT2D eigenvalue weighted by Crippen LogP contribution is 2.32. The third-order valence-corrected chi connectivity index (χ3v) is 7.58. The van der Waals surface area contributed by atoms with Gasteiger partial charge in [-0.3, -0.25) is 4.55 Å². The quantitative estimate of drug-likeness (QED) is 0.0924. The van der Waals surface area contributed by atoms with Crippen molar-refractivity contribution in [3.8, 4) is 0 Å². The topological polar surface area (TPSA) is 289 Å². The number of aliphatic hydroxyl groups is 7. The number of rotatable bonds is 12. The lowest BCUT2D eigenvalue weighted by Crippen LogP contribution is -2.59. The summed E-state index contributed by atoms with van der Waals surface area (Å²) in [6.07, 6.45) is -15.2. The fraction of sp³-hybridized carbons (Fsp3) is 0.864. The summed E-state index contributed by atoms with van der Waals surface area (Å²) < 4.78 is 62.5. The van der Waals surface area contributed by atoms with Crippen LogP contribution < -0.4 is 0 Å². The molecule has 0 aromatic heterocycles. The molecule has 0 amide bonds. The molecular weight excluding hydrogens is 584 g/mol. The monoisotopic (exact) mass is 620 g/mol. The van der Waals surface area contributed by atoms with Gasteiger partial charge >= 0.3 is 16.4 Å². The first-order chi connectivity index (χ1) is 19.1. The molecule has 13 atom stereocenters. The fourth-order valence-corrected chi connectivity index (χ4v) is 5.34. The van der Waals surface area contributed by atoms with Gasteiger partial charge in [0.25, 0.3) is 0 Å². The molecule has 3 rings (SSSR count). The molecule has 2 fully saturated rings. The molecule has 19 heteroatoms. The van der Waals surface area contributed by atoms with Gasteiger partial charge in [-0.05, 0) is 13.0 Å². The van der Waals surface area contributed by atoms with Crippen LogP contribution in [0.2, 0.25) is 0 Å². The van der Waals surface area contributed by atoms with Gasteiger partial charge in [0.1, 0.15) is 42.7 Å². The molecule has 0 aliphatic carbocycles. The minimum absolute atomic E-state index is 0.341. The van der Waals surface area contributed by atoms with Gasteiger partial charge in [0, 0.05) is 11.8 Å². The van der Waals surface area contributed by atoms with Crippen molar-refractivity contribution < 1.29 is 86.5 Å². The molecule has 2 saturated heterocycles. The Balaban J connectivity index is 1.63. The molecule has 0 aromatic rings. The number of carboxylic acid groups (broad SMARTS) is 1. The van der Waals surface area contributed by atoms with Gasteiger partial charge in [0.05, 0.1) is 45.2 Å². The molecule has 9 N–H and O–H groups in total. The van der Waals surface area contributed by atoms with E-state index in [-0.39, 0.29) is 13.2 Å². The first-order valence-corrected chi connectivity index (χ1v) is 13.9. The highest BCUT2D eigenvalue weighted by molar-refractivity contribution is 7.80. The molecule has 18 nitrogen and oxygen atoms in total. The minimum Gasteiger partial charge on any atom is -0.478 e. The van der Waals surface area contributed by atoms with Crippen LogP contribution in [0.4, 0.5) is 0 Å². The van der Waals surface area contributed by atoms with Crippen LogP contribution in [0.5, 0.6) is 0 Å². The molecule has 0 spiro atoms. The smallest absolute Gasteiger partial charge is 0.397 e. The van der Waals surface area contributed by atoms with Gasteiger partial charge in [-0.15, -0.1) is 0 Å². The van der Waals surface area contributed by atoms with Crippen molar-refractivity contribution in [2.24, 2.45) is 11.8 Å². The summed E-state index contributed by atoms with van der Waals surface area (Å²) in [4.78, 5) is 11.2. The van der Waals surface area contributed by atoms with Gasteiger partial charge in [-0.25, -0.2) is 8.98 Å². The van der Waals surface area contributed by atoms with Crippen molar-refractivity contribution in [2.75, 3.05) is 33.0 Å². The van der Waals surface area contributed by atoms with Crippen LogP contribution in [0.1, 0.15) is 6.92 Å². The van der Waals surface area contributed by atoms with Gasteiger partial charge in [0.15, 0.2) is 12.4 Å². The Morgan fingerprint density at radius 3 is 2.05 bits per heavy atom. The van der Waals surface area contributed by atoms with E-state index in [9.17, 15) is 49.0 Å². The second kappa shape index (κ2) is 14.3. The largest absolute Gasteiger partial charge is 0.478 e. The lowest BCUT2D eigenvalue weighted by atomic mass is 9.83. The molecule has 238 valence electrons. The summed E-state index contributed by atoms with van der Waals surface area (Å²) >= 11 is 0. The molecule has 0 radical (unpaired) electrons. The Kier molecular flexibility index (Phi) is 11.8. The highest BCUT2D eigenvalue weighted by Gasteiger charge is 2.47. The van der Waals surface area contributed by atoms with E-state index in [4.69, 9.17) is 33.3 Å². The number of hydrogen-bond acceptors (Lipinski definition) is 16. The van der Waals surface area contributed by atoms with Crippen LogP contribution >= 0.6 is 0 Å². The number of aliphatic carboxylic acids is 1. The normalized spacial score (nSPS) is 41.9. The van der Waals surface area contributed by atoms with E-state index in [0.29, 0.717) is 0 Å². The number of aliphatic hydroxyl groups excluding tert-OH is 7. The maximum absolute atomic E-state index is 11.2. The zero-order valence-corrected chi connectivity index (χ0v) is 22.5. The molecule has 41 heavy (non-hydrogen) atoms. The van der Waals surface area contributed by atoms with Gasteiger partial charge < -0.3 is 64.5 Å². The molecule has 0 bridgehead atoms. The second-order valence-electron chi connectivity index (χ2n) is 9.96. The van der Waals surface area contributed by atoms with Gasteiger partial charge in [-0.1, -0.05) is 0 Å². The van der Waals surface area contributed by atoms with Crippen molar-refractivity contribution >= 4 is 16.4 Å². The van der Waals surface area contributed by atoms with Crippen LogP contribution in [-0.4, -0.2) is 160 Å². The standard InChI is InChI=1S/C22H36O18S/c1-8-16(25)20(40-41(32,33)34)19(28)15(37-8)7-35-4-9-10(22(31)39-13(3-23)17(9)26)5-36-6-14-18(27)11(24)2-12(38-14)21(29)30/h2,8-11,13-20,22-28,31H,3-7H2,1H3,(H,29,30)(H,32,33,34)/t8?,9?,10?,11?,13?,14-,15-,16-,17+,18?,19?,20?,22?/m0/s1. The third kappa shape index (κ3) is 8.51. The first kappa shape index (κ1) is 33.9. The predicted molar refractivity (Wildman–Crippen MR) is 128 cm³/mol. The maximum Gasteiger partial charge on any atom is 0.397 e. The van der Waals surface area contributed by atoms with E-state index in [0.717, 1.165) is 6.08 Å². The van der Waals surface area contributed by atoms with Crippen LogP contribution in [0.3, 0.4) is 0 Å². The summed E-state index contributed by atoms with van der Waals surface area (Å²) in [7, 11) is -5.03. The van der Waals surface area contributed by atoms with Crippen molar-refractivity contribution in [1.29, 1.82) is 0 Å². The van der Waals surface area contributed by atoms with E-state index in [1.165, 1.54) is 6.92 Å². The van der Waals surface area contributed by atoms with Gasteiger partial charge in [0.2, 0.25) is 5.76 Å². The Labute approximate surface area is 234 Å². The van der Waals surface area contributed by atoms with Crippen molar-refractivity contribution in [3.05, 3.63) is 11.8 Å². The molecular formula is C22H36O18S. The Hall–Kier alpha value is -1.56. The van der Waals surface area contributed by atoms with E-state index < -0.39 is 121 Å². The molecule has 0 saturated carbocycles. The first-order valence-electron chi connectivity index (χ1n) is 12.6. The summed E-state index contributed by atoms with van der Waals surface area (Å²) in [5.41, 5.74) is 0. The molecule has 0 aromatic carbocycles. The molecule has 3 aliphatic rings. The van der Waals surface area contributed by atoms with Crippen LogP contribution in [0.15, 0.2) is 11.8 Å². The molecule has 9 unspecified atom stereocenters. The zero-order valence-electron chi connectivity index (χ0n) is 21.7. The number of hydrogen-bond donors (Lipinski definition) is 9. The lowest BCUT2D eigenvalue weighted by molar-refractivity contribution is -0.273. The van der Waals surface area contributed by atoms with Crippen molar-refractivity contribution in [3.63, 3.8) is 0 Å². The lowest BCUT2D eigenvalue weighted by Gasteiger charge is -2.43. The Morgan fingerprint density at radius 1 is 0.854 bits per heavy atom. The van der Waals surface area contributed by atoms with E-state index in [1.54, 1.807) is 0 Å². The minimum atomic E-state index is -5.03. The predicted octanol–water partition coefficient (Wildman–Crippen LogP) is -4.89. The van der Waals surface area contributed by atoms with Crippen molar-refractivity contribution in [2.45, 2.75) is 74.3 Å². The van der Waals surface area contributed by atoms with E-state index >= 15 is 0 Å². The Bertz CT molecular complexity index is 1010. The number of carboxylic acids is 1. The highest BCUT2D eigenvalue weighted by atomic mass is 32.3. The SMILES string of the molecule is CC1O[C@@H](COCC2C(COC[C@@H]3OC(C(=O)O)=CC(O)C3O)C(O)OC(CO)[C@@H]2O)C(O)C(OS(=O)(=O)O)[C@H]1O. The number of ether oxygens (including phenoxy) is 5. The third-order valence-electron chi connectivity index (χ3n) is 7.11. The average Bonchev–Trinajstić information content (AvgIpc) is 2.89.